The van der Waals surface area contributed by atoms with E-state index in [9.17, 15) is 4.79 Å². The van der Waals surface area contributed by atoms with Crippen LogP contribution in [0.25, 0.3) is 0 Å². The molecule has 0 N–H and O–H groups in total. The van der Waals surface area contributed by atoms with Crippen LogP contribution in [0.3, 0.4) is 0 Å². The molecule has 4 nitrogen and oxygen atoms in total. The summed E-state index contributed by atoms with van der Waals surface area (Å²) in [7, 11) is 1.97. The highest BCUT2D eigenvalue weighted by atomic mass is 16.3. The van der Waals surface area contributed by atoms with Gasteiger partial charge in [-0.15, -0.1) is 0 Å². The molecule has 4 heteroatoms. The van der Waals surface area contributed by atoms with E-state index in [-0.39, 0.29) is 11.9 Å². The monoisotopic (exact) mass is 442 g/mol. The molecule has 0 radical (unpaired) electrons. The van der Waals surface area contributed by atoms with E-state index in [0.29, 0.717) is 23.3 Å². The number of carbonyl (C=O) groups is 1. The van der Waals surface area contributed by atoms with Crippen molar-refractivity contribution in [1.82, 2.24) is 9.80 Å². The van der Waals surface area contributed by atoms with Gasteiger partial charge in [-0.2, -0.15) is 0 Å². The largest absolute Gasteiger partial charge is 0.469 e. The maximum absolute atomic E-state index is 13.4. The van der Waals surface area contributed by atoms with Gasteiger partial charge in [0.25, 0.3) is 5.91 Å². The molecule has 172 valence electrons. The summed E-state index contributed by atoms with van der Waals surface area (Å²) in [5.74, 6) is 1.25. The molecule has 1 aliphatic heterocycles. The maximum Gasteiger partial charge on any atom is 0.257 e. The van der Waals surface area contributed by atoms with Crippen LogP contribution in [0.1, 0.15) is 45.7 Å². The van der Waals surface area contributed by atoms with Gasteiger partial charge in [0.05, 0.1) is 11.8 Å². The van der Waals surface area contributed by atoms with E-state index in [1.54, 1.807) is 12.3 Å². The number of likely N-dealkylation sites (tertiary alicyclic amines) is 1. The Morgan fingerprint density at radius 2 is 1.64 bits per heavy atom. The minimum absolute atomic E-state index is 0.0656. The summed E-state index contributed by atoms with van der Waals surface area (Å²) in [6.07, 6.45) is 7.11. The van der Waals surface area contributed by atoms with E-state index in [1.165, 1.54) is 29.5 Å². The summed E-state index contributed by atoms with van der Waals surface area (Å²) >= 11 is 0. The summed E-state index contributed by atoms with van der Waals surface area (Å²) in [6, 6.07) is 22.1. The van der Waals surface area contributed by atoms with Gasteiger partial charge in [-0.1, -0.05) is 54.6 Å². The van der Waals surface area contributed by atoms with Crippen molar-refractivity contribution in [1.29, 1.82) is 0 Å². The first-order valence-corrected chi connectivity index (χ1v) is 12.3. The number of hydrogen-bond acceptors (Lipinski definition) is 3. The van der Waals surface area contributed by atoms with Crippen LogP contribution >= 0.6 is 0 Å². The lowest BCUT2D eigenvalue weighted by atomic mass is 9.84. The van der Waals surface area contributed by atoms with Gasteiger partial charge in [-0.05, 0) is 80.8 Å². The molecule has 1 atom stereocenters. The van der Waals surface area contributed by atoms with Gasteiger partial charge in [-0.25, -0.2) is 0 Å². The molecule has 0 spiro atoms. The van der Waals surface area contributed by atoms with E-state index in [4.69, 9.17) is 4.42 Å². The molecular formula is C29H34N2O2. The third-order valence-corrected chi connectivity index (χ3v) is 7.86. The van der Waals surface area contributed by atoms with Crippen LogP contribution in [0, 0.1) is 12.8 Å². The molecule has 1 fully saturated rings. The quantitative estimate of drug-likeness (QED) is 0.530. The Hall–Kier alpha value is -2.85. The van der Waals surface area contributed by atoms with E-state index in [0.717, 1.165) is 32.4 Å². The van der Waals surface area contributed by atoms with Gasteiger partial charge < -0.3 is 9.32 Å². The second kappa shape index (κ2) is 9.56. The molecule has 5 rings (SSSR count). The number of piperidine rings is 1. The molecule has 2 aromatic carbocycles. The molecule has 3 aromatic rings. The van der Waals surface area contributed by atoms with Crippen molar-refractivity contribution in [2.24, 2.45) is 5.92 Å². The number of hydrogen-bond donors (Lipinski definition) is 0. The molecule has 33 heavy (non-hydrogen) atoms. The zero-order valence-electron chi connectivity index (χ0n) is 19.7. The predicted molar refractivity (Wildman–Crippen MR) is 131 cm³/mol. The smallest absolute Gasteiger partial charge is 0.257 e. The van der Waals surface area contributed by atoms with Crippen LogP contribution in [0.15, 0.2) is 71.3 Å². The number of rotatable bonds is 6. The lowest BCUT2D eigenvalue weighted by Crippen LogP contribution is -2.49. The van der Waals surface area contributed by atoms with Crippen LogP contribution < -0.4 is 0 Å². The first-order chi connectivity index (χ1) is 16.1. The molecule has 0 saturated carbocycles. The van der Waals surface area contributed by atoms with Gasteiger partial charge in [0, 0.05) is 19.1 Å². The minimum Gasteiger partial charge on any atom is -0.469 e. The number of nitrogens with zero attached hydrogens (tertiary/aromatic N) is 2. The summed E-state index contributed by atoms with van der Waals surface area (Å²) in [4.78, 5) is 18.0. The van der Waals surface area contributed by atoms with Crippen LogP contribution in [0.2, 0.25) is 0 Å². The lowest BCUT2D eigenvalue weighted by molar-refractivity contribution is 0.0547. The number of furan rings is 1. The predicted octanol–water partition coefficient (Wildman–Crippen LogP) is 5.15. The highest BCUT2D eigenvalue weighted by Crippen LogP contribution is 2.32. The number of benzene rings is 2. The van der Waals surface area contributed by atoms with Gasteiger partial charge in [0.1, 0.15) is 5.76 Å². The van der Waals surface area contributed by atoms with Gasteiger partial charge in [0.2, 0.25) is 0 Å². The Morgan fingerprint density at radius 1 is 1.00 bits per heavy atom. The van der Waals surface area contributed by atoms with Crippen molar-refractivity contribution in [2.75, 3.05) is 20.1 Å². The normalized spacial score (nSPS) is 18.2. The number of likely N-dealkylation sites (N-methyl/N-ethyl adjacent to an activating group) is 1. The first-order valence-electron chi connectivity index (χ1n) is 12.3. The molecule has 2 heterocycles. The summed E-state index contributed by atoms with van der Waals surface area (Å²) < 4.78 is 5.42. The van der Waals surface area contributed by atoms with E-state index in [2.05, 4.69) is 59.5 Å². The van der Waals surface area contributed by atoms with Crippen molar-refractivity contribution in [3.05, 3.63) is 94.9 Å². The fourth-order valence-electron chi connectivity index (χ4n) is 5.89. The van der Waals surface area contributed by atoms with Crippen molar-refractivity contribution in [3.63, 3.8) is 0 Å². The highest BCUT2D eigenvalue weighted by molar-refractivity contribution is 5.95. The molecule has 2 aliphatic rings. The van der Waals surface area contributed by atoms with Crippen LogP contribution in [0.4, 0.5) is 0 Å². The average Bonchev–Trinajstić information content (AvgIpc) is 3.48. The highest BCUT2D eigenvalue weighted by Gasteiger charge is 2.35. The first kappa shape index (κ1) is 22.0. The van der Waals surface area contributed by atoms with Crippen molar-refractivity contribution < 1.29 is 9.21 Å². The maximum atomic E-state index is 13.4. The zero-order valence-corrected chi connectivity index (χ0v) is 19.7. The van der Waals surface area contributed by atoms with Crippen molar-refractivity contribution >= 4 is 5.91 Å². The Bertz CT molecular complexity index is 1060. The van der Waals surface area contributed by atoms with Gasteiger partial charge in [-0.3, -0.25) is 9.69 Å². The fraction of sp³-hybridized carbons (Fsp3) is 0.414. The summed E-state index contributed by atoms with van der Waals surface area (Å²) in [5.41, 5.74) is 5.01. The zero-order chi connectivity index (χ0) is 22.8. The van der Waals surface area contributed by atoms with E-state index >= 15 is 0 Å². The van der Waals surface area contributed by atoms with Gasteiger partial charge in [0.15, 0.2) is 0 Å². The Kier molecular flexibility index (Phi) is 6.37. The second-order valence-corrected chi connectivity index (χ2v) is 9.77. The molecule has 1 aromatic heterocycles. The van der Waals surface area contributed by atoms with Gasteiger partial charge >= 0.3 is 0 Å². The third kappa shape index (κ3) is 4.63. The third-order valence-electron chi connectivity index (χ3n) is 7.86. The fourth-order valence-corrected chi connectivity index (χ4v) is 5.89. The molecular weight excluding hydrogens is 408 g/mol. The summed E-state index contributed by atoms with van der Waals surface area (Å²) in [6.45, 7) is 4.09. The Morgan fingerprint density at radius 3 is 2.24 bits per heavy atom. The van der Waals surface area contributed by atoms with Crippen molar-refractivity contribution in [2.45, 2.75) is 51.1 Å². The van der Waals surface area contributed by atoms with Crippen LogP contribution in [0.5, 0.6) is 0 Å². The average molecular weight is 443 g/mol. The SMILES string of the molecule is Cc1occc1C(=O)N(C)C(Cc1ccccc1)C1CCN(C2Cc3ccccc3C2)CC1. The number of carbonyl (C=O) groups excluding carboxylic acids is 1. The number of aryl methyl sites for hydroxylation is 1. The van der Waals surface area contributed by atoms with E-state index < -0.39 is 0 Å². The lowest BCUT2D eigenvalue weighted by Gasteiger charge is -2.42. The second-order valence-electron chi connectivity index (χ2n) is 9.77. The molecule has 0 bridgehead atoms. The minimum atomic E-state index is 0.0656. The van der Waals surface area contributed by atoms with Crippen LogP contribution in [-0.4, -0.2) is 47.9 Å². The topological polar surface area (TPSA) is 36.7 Å². The Labute approximate surface area is 197 Å². The van der Waals surface area contributed by atoms with Crippen molar-refractivity contribution in [3.8, 4) is 0 Å². The van der Waals surface area contributed by atoms with E-state index in [1.807, 2.05) is 18.9 Å². The molecule has 1 aliphatic carbocycles. The van der Waals surface area contributed by atoms with Crippen LogP contribution in [-0.2, 0) is 19.3 Å². The number of fused-ring (bicyclic) bond motifs is 1. The standard InChI is InChI=1S/C29H34N2O2/c1-21-27(14-17-33-21)29(32)30(2)28(18-22-8-4-3-5-9-22)23-12-15-31(16-13-23)26-19-24-10-6-7-11-25(24)20-26/h3-11,14,17,23,26,28H,12-13,15-16,18-20H2,1-2H3. The molecule has 1 saturated heterocycles. The molecule has 1 unspecified atom stereocenters. The summed E-state index contributed by atoms with van der Waals surface area (Å²) in [5, 5.41) is 0. The molecule has 1 amide bonds. The number of amides is 1. The Balaban J connectivity index is 1.29.